The summed E-state index contributed by atoms with van der Waals surface area (Å²) in [7, 11) is 0. The average Bonchev–Trinajstić information content (AvgIpc) is 4.12. The van der Waals surface area contributed by atoms with Crippen molar-refractivity contribution in [1.29, 1.82) is 0 Å². The maximum atomic E-state index is 6.89. The summed E-state index contributed by atoms with van der Waals surface area (Å²) in [6.45, 7) is 0. The molecule has 0 aliphatic carbocycles. The summed E-state index contributed by atoms with van der Waals surface area (Å²) in [5.74, 6) is 0. The van der Waals surface area contributed by atoms with E-state index in [1.54, 1.807) is 0 Å². The molecule has 10 aromatic carbocycles. The number of hydrogen-bond acceptors (Lipinski definition) is 6. The number of anilines is 6. The monoisotopic (exact) mass is 854 g/mol. The third-order valence-electron chi connectivity index (χ3n) is 12.8. The van der Waals surface area contributed by atoms with Gasteiger partial charge in [0.05, 0.1) is 0 Å². The number of nitrogens with zero attached hydrogens (tertiary/aromatic N) is 2. The Kier molecular flexibility index (Phi) is 7.69. The van der Waals surface area contributed by atoms with Gasteiger partial charge in [0.2, 0.25) is 0 Å². The van der Waals surface area contributed by atoms with Crippen LogP contribution in [-0.4, -0.2) is 0 Å². The van der Waals surface area contributed by atoms with Crippen LogP contribution in [0.15, 0.2) is 215 Å². The molecule has 6 heteroatoms. The van der Waals surface area contributed by atoms with Gasteiger partial charge in [-0.25, -0.2) is 0 Å². The van der Waals surface area contributed by atoms with Crippen LogP contribution in [0.5, 0.6) is 0 Å². The van der Waals surface area contributed by atoms with Gasteiger partial charge in [-0.3, -0.25) is 0 Å². The topological polar surface area (TPSA) is 32.8 Å². The van der Waals surface area contributed by atoms with Gasteiger partial charge in [0.25, 0.3) is 0 Å². The second-order valence-corrected chi connectivity index (χ2v) is 18.6. The van der Waals surface area contributed by atoms with Crippen LogP contribution < -0.4 is 9.80 Å². The summed E-state index contributed by atoms with van der Waals surface area (Å²) >= 11 is 3.68. The first kappa shape index (κ1) is 35.7. The molecule has 14 aromatic rings. The van der Waals surface area contributed by atoms with Gasteiger partial charge in [-0.15, -0.1) is 22.7 Å². The van der Waals surface area contributed by atoms with E-state index in [0.29, 0.717) is 0 Å². The quantitative estimate of drug-likeness (QED) is 0.167. The van der Waals surface area contributed by atoms with Crippen LogP contribution in [0.25, 0.3) is 95.0 Å². The fraction of sp³-hybridized carbons (Fsp3) is 0. The summed E-state index contributed by atoms with van der Waals surface area (Å²) in [5.41, 5.74) is 9.83. The molecule has 0 spiro atoms. The number of benzene rings is 10. The number of fused-ring (bicyclic) bond motifs is 15. The highest BCUT2D eigenvalue weighted by atomic mass is 32.1. The van der Waals surface area contributed by atoms with Crippen LogP contribution in [0.3, 0.4) is 0 Å². The van der Waals surface area contributed by atoms with Crippen LogP contribution in [0.2, 0.25) is 0 Å². The Balaban J connectivity index is 0.891. The van der Waals surface area contributed by atoms with Crippen molar-refractivity contribution in [1.82, 2.24) is 0 Å². The van der Waals surface area contributed by atoms with Crippen molar-refractivity contribution in [3.63, 3.8) is 0 Å². The standard InChI is InChI=1S/C58H34N2O2S2/c1-3-11-35(12-4-1)59(37-21-29-55-49(31-37)43-15-7-9-17-53(43)63-55)39-19-23-41-45-25-27-48-47(57(45)61-51(41)33-39)28-26-46-42-24-20-40(34-52(42)62-58(46)48)60(36-13-5-2-6-14-36)38-22-30-56-50(32-38)44-16-8-10-18-54(44)64-56/h1-34H. The Morgan fingerprint density at radius 2 is 0.594 bits per heavy atom. The molecule has 0 aliphatic heterocycles. The Labute approximate surface area is 374 Å². The molecule has 0 saturated heterocycles. The number of furan rings is 2. The smallest absolute Gasteiger partial charge is 0.143 e. The maximum absolute atomic E-state index is 6.89. The molecule has 0 amide bonds. The van der Waals surface area contributed by atoms with Gasteiger partial charge in [-0.05, 0) is 121 Å². The third-order valence-corrected chi connectivity index (χ3v) is 15.1. The van der Waals surface area contributed by atoms with Crippen molar-refractivity contribution in [2.45, 2.75) is 0 Å². The van der Waals surface area contributed by atoms with E-state index in [1.165, 1.54) is 40.3 Å². The van der Waals surface area contributed by atoms with Crippen molar-refractivity contribution in [2.24, 2.45) is 0 Å². The van der Waals surface area contributed by atoms with E-state index < -0.39 is 0 Å². The zero-order valence-electron chi connectivity index (χ0n) is 34.2. The first-order valence-corrected chi connectivity index (χ1v) is 23.1. The molecular weight excluding hydrogens is 821 g/mol. The lowest BCUT2D eigenvalue weighted by Gasteiger charge is -2.25. The molecule has 300 valence electrons. The Morgan fingerprint density at radius 3 is 1.05 bits per heavy atom. The van der Waals surface area contributed by atoms with E-state index in [4.69, 9.17) is 8.83 Å². The minimum Gasteiger partial charge on any atom is -0.455 e. The average molecular weight is 855 g/mol. The first-order chi connectivity index (χ1) is 31.7. The largest absolute Gasteiger partial charge is 0.455 e. The van der Waals surface area contributed by atoms with Gasteiger partial charge >= 0.3 is 0 Å². The maximum Gasteiger partial charge on any atom is 0.143 e. The Morgan fingerprint density at radius 1 is 0.250 bits per heavy atom. The summed E-state index contributed by atoms with van der Waals surface area (Å²) in [6.07, 6.45) is 0. The molecule has 0 aliphatic rings. The van der Waals surface area contributed by atoms with Gasteiger partial charge in [-0.2, -0.15) is 0 Å². The van der Waals surface area contributed by atoms with E-state index in [1.807, 2.05) is 22.7 Å². The normalized spacial score (nSPS) is 12.1. The molecule has 0 atom stereocenters. The number of para-hydroxylation sites is 2. The van der Waals surface area contributed by atoms with Gasteiger partial charge in [0.1, 0.15) is 22.3 Å². The molecule has 0 unspecified atom stereocenters. The van der Waals surface area contributed by atoms with E-state index >= 15 is 0 Å². The molecule has 0 saturated carbocycles. The Hall–Kier alpha value is -7.90. The summed E-state index contributed by atoms with van der Waals surface area (Å²) in [6, 6.07) is 74.1. The van der Waals surface area contributed by atoms with Crippen molar-refractivity contribution in [3.8, 4) is 0 Å². The van der Waals surface area contributed by atoms with E-state index in [0.717, 1.165) is 88.8 Å². The van der Waals surface area contributed by atoms with Crippen LogP contribution >= 0.6 is 22.7 Å². The molecule has 0 bridgehead atoms. The molecule has 0 radical (unpaired) electrons. The SMILES string of the molecule is c1ccc(N(c2ccc3c(c2)oc2c3ccc3c2ccc2c4ccc(N(c5ccccc5)c5ccc6sc7ccccc7c6c5)cc4oc23)c2ccc3sc4ccccc4c3c2)cc1. The number of rotatable bonds is 6. The third kappa shape index (κ3) is 5.40. The molecule has 0 N–H and O–H groups in total. The van der Waals surface area contributed by atoms with Crippen LogP contribution in [0.4, 0.5) is 34.1 Å². The molecular formula is C58H34N2O2S2. The van der Waals surface area contributed by atoms with Crippen molar-refractivity contribution < 1.29 is 8.83 Å². The van der Waals surface area contributed by atoms with Gasteiger partial charge in [-0.1, -0.05) is 72.8 Å². The van der Waals surface area contributed by atoms with E-state index in [9.17, 15) is 0 Å². The summed E-state index contributed by atoms with van der Waals surface area (Å²) in [5, 5.41) is 11.5. The fourth-order valence-electron chi connectivity index (χ4n) is 9.88. The van der Waals surface area contributed by atoms with Crippen LogP contribution in [-0.2, 0) is 0 Å². The minimum absolute atomic E-state index is 0.840. The molecule has 64 heavy (non-hydrogen) atoms. The predicted molar refractivity (Wildman–Crippen MR) is 274 cm³/mol. The van der Waals surface area contributed by atoms with E-state index in [-0.39, 0.29) is 0 Å². The highest BCUT2D eigenvalue weighted by Gasteiger charge is 2.21. The molecule has 0 fully saturated rings. The lowest BCUT2D eigenvalue weighted by molar-refractivity contribution is 0.669. The molecule has 4 aromatic heterocycles. The second-order valence-electron chi connectivity index (χ2n) is 16.4. The Bertz CT molecular complexity index is 3890. The van der Waals surface area contributed by atoms with Crippen LogP contribution in [0.1, 0.15) is 0 Å². The molecule has 14 rings (SSSR count). The zero-order valence-corrected chi connectivity index (χ0v) is 35.8. The van der Waals surface area contributed by atoms with Crippen molar-refractivity contribution in [2.75, 3.05) is 9.80 Å². The highest BCUT2D eigenvalue weighted by Crippen LogP contribution is 2.46. The van der Waals surface area contributed by atoms with Gasteiger partial charge in [0.15, 0.2) is 0 Å². The predicted octanol–water partition coefficient (Wildman–Crippen LogP) is 18.3. The molecule has 4 heterocycles. The summed E-state index contributed by atoms with van der Waals surface area (Å²) in [4.78, 5) is 4.65. The lowest BCUT2D eigenvalue weighted by Crippen LogP contribution is -2.09. The van der Waals surface area contributed by atoms with Crippen molar-refractivity contribution >= 4 is 152 Å². The van der Waals surface area contributed by atoms with E-state index in [2.05, 4.69) is 216 Å². The van der Waals surface area contributed by atoms with Gasteiger partial charge < -0.3 is 18.6 Å². The number of thiophene rings is 2. The zero-order chi connectivity index (χ0) is 41.9. The highest BCUT2D eigenvalue weighted by molar-refractivity contribution is 7.26. The summed E-state index contributed by atoms with van der Waals surface area (Å²) < 4.78 is 19.0. The fourth-order valence-corrected chi connectivity index (χ4v) is 12.1. The van der Waals surface area contributed by atoms with Crippen molar-refractivity contribution in [3.05, 3.63) is 206 Å². The first-order valence-electron chi connectivity index (χ1n) is 21.5. The second kappa shape index (κ2) is 13.8. The van der Waals surface area contributed by atoms with Gasteiger partial charge in [0, 0.05) is 119 Å². The number of hydrogen-bond donors (Lipinski definition) is 0. The molecule has 4 nitrogen and oxygen atoms in total. The minimum atomic E-state index is 0.840. The van der Waals surface area contributed by atoms with Crippen LogP contribution in [0, 0.1) is 0 Å². The lowest BCUT2D eigenvalue weighted by atomic mass is 10.0.